The van der Waals surface area contributed by atoms with Crippen molar-refractivity contribution >= 4 is 34.0 Å². The van der Waals surface area contributed by atoms with Crippen molar-refractivity contribution < 1.29 is 19.1 Å². The molecule has 2 N–H and O–H groups in total. The normalized spacial score (nSPS) is 13.8. The molecular weight excluding hydrogens is 390 g/mol. The first-order chi connectivity index (χ1) is 11.9. The highest BCUT2D eigenvalue weighted by molar-refractivity contribution is 9.10. The number of hydrogen-bond acceptors (Lipinski definition) is 5. The summed E-state index contributed by atoms with van der Waals surface area (Å²) in [6.45, 7) is 6.23. The van der Waals surface area contributed by atoms with Crippen molar-refractivity contribution in [3.05, 3.63) is 22.2 Å². The molecule has 1 aromatic carbocycles. The Labute approximate surface area is 155 Å². The van der Waals surface area contributed by atoms with Gasteiger partial charge in [0.15, 0.2) is 11.5 Å². The van der Waals surface area contributed by atoms with Gasteiger partial charge >= 0.3 is 11.8 Å². The molecule has 8 heteroatoms. The number of rotatable bonds is 7. The van der Waals surface area contributed by atoms with Crippen LogP contribution in [0.2, 0.25) is 0 Å². The number of halogens is 1. The fraction of sp³-hybridized carbons (Fsp3) is 0.471. The van der Waals surface area contributed by atoms with E-state index in [1.165, 1.54) is 6.21 Å². The molecule has 0 saturated heterocycles. The molecule has 1 aromatic rings. The summed E-state index contributed by atoms with van der Waals surface area (Å²) in [4.78, 5) is 23.2. The number of carbonyl (C=O) groups excluding carboxylic acids is 2. The van der Waals surface area contributed by atoms with Gasteiger partial charge in [0.1, 0.15) is 0 Å². The Morgan fingerprint density at radius 2 is 2.08 bits per heavy atom. The average molecular weight is 412 g/mol. The highest BCUT2D eigenvalue weighted by atomic mass is 79.9. The smallest absolute Gasteiger partial charge is 0.329 e. The number of nitrogens with one attached hydrogen (secondary N) is 2. The Hall–Kier alpha value is -2.09. The van der Waals surface area contributed by atoms with Crippen LogP contribution in [0.3, 0.4) is 0 Å². The molecule has 1 fully saturated rings. The predicted molar refractivity (Wildman–Crippen MR) is 98.0 cm³/mol. The number of carbonyl (C=O) groups is 2. The Morgan fingerprint density at radius 1 is 1.36 bits per heavy atom. The van der Waals surface area contributed by atoms with Crippen LogP contribution in [0.15, 0.2) is 21.7 Å². The van der Waals surface area contributed by atoms with Crippen LogP contribution in [0.5, 0.6) is 11.5 Å². The molecule has 136 valence electrons. The molecule has 0 atom stereocenters. The van der Waals surface area contributed by atoms with Gasteiger partial charge in [0.25, 0.3) is 0 Å². The molecular formula is C17H22BrN3O4. The highest BCUT2D eigenvalue weighted by Crippen LogP contribution is 2.37. The lowest BCUT2D eigenvalue weighted by Gasteiger charge is -2.16. The van der Waals surface area contributed by atoms with Crippen LogP contribution in [0.25, 0.3) is 0 Å². The van der Waals surface area contributed by atoms with Crippen LogP contribution < -0.4 is 20.2 Å². The number of benzene rings is 1. The Morgan fingerprint density at radius 3 is 2.68 bits per heavy atom. The lowest BCUT2D eigenvalue weighted by molar-refractivity contribution is -0.139. The lowest BCUT2D eigenvalue weighted by atomic mass is 10.2. The van der Waals surface area contributed by atoms with Crippen LogP contribution in [0.4, 0.5) is 0 Å². The van der Waals surface area contributed by atoms with Crippen LogP contribution >= 0.6 is 15.9 Å². The quantitative estimate of drug-likeness (QED) is 0.409. The summed E-state index contributed by atoms with van der Waals surface area (Å²) in [6, 6.07) is 3.67. The van der Waals surface area contributed by atoms with E-state index < -0.39 is 11.8 Å². The molecule has 0 aromatic heterocycles. The van der Waals surface area contributed by atoms with Crippen molar-refractivity contribution in [1.29, 1.82) is 0 Å². The molecule has 0 radical (unpaired) electrons. The molecule has 0 spiro atoms. The first-order valence-electron chi connectivity index (χ1n) is 8.17. The second-order valence-corrected chi connectivity index (χ2v) is 6.73. The van der Waals surface area contributed by atoms with Gasteiger partial charge in [-0.2, -0.15) is 5.10 Å². The van der Waals surface area contributed by atoms with Gasteiger partial charge in [-0.05, 0) is 67.2 Å². The number of hydrazone groups is 1. The van der Waals surface area contributed by atoms with Gasteiger partial charge in [-0.1, -0.05) is 0 Å². The van der Waals surface area contributed by atoms with Crippen molar-refractivity contribution in [1.82, 2.24) is 10.7 Å². The second-order valence-electron chi connectivity index (χ2n) is 5.88. The third-order valence-corrected chi connectivity index (χ3v) is 3.77. The minimum atomic E-state index is -0.785. The van der Waals surface area contributed by atoms with Crippen LogP contribution in [0, 0.1) is 0 Å². The van der Waals surface area contributed by atoms with E-state index in [0.29, 0.717) is 28.1 Å². The number of nitrogens with zero attached hydrogens (tertiary/aromatic N) is 1. The molecule has 0 heterocycles. The average Bonchev–Trinajstić information content (AvgIpc) is 3.34. The van der Waals surface area contributed by atoms with Crippen molar-refractivity contribution in [2.24, 2.45) is 5.10 Å². The maximum atomic E-state index is 11.6. The first kappa shape index (κ1) is 19.2. The monoisotopic (exact) mass is 411 g/mol. The molecule has 1 aliphatic rings. The largest absolute Gasteiger partial charge is 0.490 e. The van der Waals surface area contributed by atoms with Gasteiger partial charge < -0.3 is 14.8 Å². The zero-order valence-electron chi connectivity index (χ0n) is 14.5. The maximum Gasteiger partial charge on any atom is 0.329 e. The topological polar surface area (TPSA) is 89.0 Å². The fourth-order valence-electron chi connectivity index (χ4n) is 1.97. The molecule has 0 unspecified atom stereocenters. The standard InChI is InChI=1S/C17H22BrN3O4/c1-4-24-14-8-11(7-13(18)15(14)25-10(2)3)9-19-21-17(23)16(22)20-12-5-6-12/h7-10,12H,4-6H2,1-3H3,(H,20,22)(H,21,23)/b19-9-. The summed E-state index contributed by atoms with van der Waals surface area (Å²) >= 11 is 3.46. The van der Waals surface area contributed by atoms with E-state index in [1.54, 1.807) is 12.1 Å². The maximum absolute atomic E-state index is 11.6. The first-order valence-corrected chi connectivity index (χ1v) is 8.97. The van der Waals surface area contributed by atoms with Crippen molar-refractivity contribution in [2.45, 2.75) is 45.8 Å². The van der Waals surface area contributed by atoms with Gasteiger partial charge in [-0.25, -0.2) is 5.43 Å². The summed E-state index contributed by atoms with van der Waals surface area (Å²) in [5.74, 6) is -0.268. The van der Waals surface area contributed by atoms with Gasteiger partial charge in [-0.3, -0.25) is 9.59 Å². The van der Waals surface area contributed by atoms with E-state index in [-0.39, 0.29) is 12.1 Å². The Kier molecular flexibility index (Phi) is 6.81. The van der Waals surface area contributed by atoms with Gasteiger partial charge in [0.2, 0.25) is 0 Å². The molecule has 2 amide bonds. The van der Waals surface area contributed by atoms with E-state index in [9.17, 15) is 9.59 Å². The molecule has 25 heavy (non-hydrogen) atoms. The van der Waals surface area contributed by atoms with Gasteiger partial charge in [-0.15, -0.1) is 0 Å². The fourth-order valence-corrected chi connectivity index (χ4v) is 2.52. The van der Waals surface area contributed by atoms with Crippen LogP contribution in [-0.2, 0) is 9.59 Å². The van der Waals surface area contributed by atoms with Crippen LogP contribution in [-0.4, -0.2) is 36.8 Å². The molecule has 1 saturated carbocycles. The second kappa shape index (κ2) is 8.84. The third-order valence-electron chi connectivity index (χ3n) is 3.18. The summed E-state index contributed by atoms with van der Waals surface area (Å²) < 4.78 is 12.1. The molecule has 0 bridgehead atoms. The minimum Gasteiger partial charge on any atom is -0.490 e. The molecule has 7 nitrogen and oxygen atoms in total. The molecule has 1 aliphatic carbocycles. The van der Waals surface area contributed by atoms with Gasteiger partial charge in [0.05, 0.1) is 23.4 Å². The lowest BCUT2D eigenvalue weighted by Crippen LogP contribution is -2.38. The third kappa shape index (κ3) is 6.04. The van der Waals surface area contributed by atoms with E-state index in [2.05, 4.69) is 31.8 Å². The summed E-state index contributed by atoms with van der Waals surface area (Å²) in [5.41, 5.74) is 2.90. The Bertz CT molecular complexity index is 672. The van der Waals surface area contributed by atoms with Crippen molar-refractivity contribution in [3.63, 3.8) is 0 Å². The Balaban J connectivity index is 2.04. The summed E-state index contributed by atoms with van der Waals surface area (Å²) in [6.07, 6.45) is 3.27. The van der Waals surface area contributed by atoms with Crippen LogP contribution in [0.1, 0.15) is 39.2 Å². The van der Waals surface area contributed by atoms with Gasteiger partial charge in [0, 0.05) is 6.04 Å². The number of ether oxygens (including phenoxy) is 2. The van der Waals surface area contributed by atoms with Crippen molar-refractivity contribution in [2.75, 3.05) is 6.61 Å². The SMILES string of the molecule is CCOc1cc(/C=N\NC(=O)C(=O)NC2CC2)cc(Br)c1OC(C)C. The minimum absolute atomic E-state index is 0.000656. The zero-order valence-corrected chi connectivity index (χ0v) is 16.1. The van der Waals surface area contributed by atoms with E-state index >= 15 is 0 Å². The molecule has 0 aliphatic heterocycles. The zero-order chi connectivity index (χ0) is 18.4. The van der Waals surface area contributed by atoms with E-state index in [1.807, 2.05) is 20.8 Å². The summed E-state index contributed by atoms with van der Waals surface area (Å²) in [5, 5.41) is 6.41. The number of amides is 2. The van der Waals surface area contributed by atoms with E-state index in [0.717, 1.165) is 12.8 Å². The van der Waals surface area contributed by atoms with Crippen molar-refractivity contribution in [3.8, 4) is 11.5 Å². The summed E-state index contributed by atoms with van der Waals surface area (Å²) in [7, 11) is 0. The highest BCUT2D eigenvalue weighted by Gasteiger charge is 2.26. The number of hydrogen-bond donors (Lipinski definition) is 2. The predicted octanol–water partition coefficient (Wildman–Crippen LogP) is 2.36. The van der Waals surface area contributed by atoms with E-state index in [4.69, 9.17) is 9.47 Å². The molecule has 2 rings (SSSR count).